The van der Waals surface area contributed by atoms with Gasteiger partial charge in [0.15, 0.2) is 11.4 Å². The van der Waals surface area contributed by atoms with Crippen LogP contribution in [0, 0.1) is 31.3 Å². The zero-order valence-electron chi connectivity index (χ0n) is 40.0. The number of ether oxygens (including phenoxy) is 3. The molecule has 10 nitrogen and oxygen atoms in total. The second kappa shape index (κ2) is 22.6. The topological polar surface area (TPSA) is 118 Å². The van der Waals surface area contributed by atoms with Crippen LogP contribution >= 0.6 is 0 Å². The number of carbonyl (C=O) groups is 2. The molecule has 9 rings (SSSR count). The minimum Gasteiger partial charge on any atom is -0.488 e. The lowest BCUT2D eigenvalue weighted by molar-refractivity contribution is -0.138. The van der Waals surface area contributed by atoms with Gasteiger partial charge < -0.3 is 19.3 Å². The maximum absolute atomic E-state index is 13.7. The molecule has 0 fully saturated rings. The molecule has 0 radical (unpaired) electrons. The summed E-state index contributed by atoms with van der Waals surface area (Å²) in [6.45, 7) is 3.37. The second-order valence-corrected chi connectivity index (χ2v) is 16.9. The Morgan fingerprint density at radius 1 is 0.487 bits per heavy atom. The summed E-state index contributed by atoms with van der Waals surface area (Å²) in [5.74, 6) is -2.36. The fourth-order valence-electron chi connectivity index (χ4n) is 7.79. The maximum atomic E-state index is 13.7. The Balaban J connectivity index is 0.000000206. The van der Waals surface area contributed by atoms with Crippen LogP contribution in [0.1, 0.15) is 60.2 Å². The molecule has 0 amide bonds. The highest BCUT2D eigenvalue weighted by atomic mass is 19.4. The highest BCUT2D eigenvalue weighted by Gasteiger charge is 2.33. The molecule has 4 heterocycles. The van der Waals surface area contributed by atoms with Crippen molar-refractivity contribution in [2.24, 2.45) is 0 Å². The highest BCUT2D eigenvalue weighted by Crippen LogP contribution is 2.41. The van der Waals surface area contributed by atoms with Gasteiger partial charge in [-0.05, 0) is 152 Å². The predicted octanol–water partition coefficient (Wildman–Crippen LogP) is 14.4. The summed E-state index contributed by atoms with van der Waals surface area (Å²) in [5, 5.41) is 9.29. The number of carboxylic acids is 1. The van der Waals surface area contributed by atoms with Crippen LogP contribution in [-0.2, 0) is 36.9 Å². The summed E-state index contributed by atoms with van der Waals surface area (Å²) in [6.07, 6.45) is -9.19. The first-order chi connectivity index (χ1) is 36.2. The van der Waals surface area contributed by atoms with Crippen LogP contribution in [0.4, 0.5) is 39.5 Å². The van der Waals surface area contributed by atoms with E-state index in [2.05, 4.69) is 9.97 Å². The van der Waals surface area contributed by atoms with Crippen LogP contribution in [-0.4, -0.2) is 36.1 Å². The molecule has 4 aromatic heterocycles. The van der Waals surface area contributed by atoms with E-state index >= 15 is 0 Å². The van der Waals surface area contributed by atoms with E-state index in [0.717, 1.165) is 24.3 Å². The van der Waals surface area contributed by atoms with Crippen molar-refractivity contribution in [2.75, 3.05) is 0 Å². The number of aromatic nitrogens is 4. The van der Waals surface area contributed by atoms with E-state index in [1.807, 2.05) is 0 Å². The number of hydrogen-bond acceptors (Lipinski definition) is 7. The minimum absolute atomic E-state index is 0.00504. The summed E-state index contributed by atoms with van der Waals surface area (Å²) in [7, 11) is 0. The van der Waals surface area contributed by atoms with Gasteiger partial charge in [-0.1, -0.05) is 48.5 Å². The van der Waals surface area contributed by atoms with Gasteiger partial charge in [-0.15, -0.1) is 0 Å². The van der Waals surface area contributed by atoms with Crippen molar-refractivity contribution >= 4 is 11.9 Å². The number of aromatic carboxylic acids is 1. The largest absolute Gasteiger partial charge is 0.488 e. The molecule has 76 heavy (non-hydrogen) atoms. The van der Waals surface area contributed by atoms with Crippen molar-refractivity contribution in [1.82, 2.24) is 19.1 Å². The number of benzene rings is 5. The van der Waals surface area contributed by atoms with E-state index in [4.69, 9.17) is 14.2 Å². The van der Waals surface area contributed by atoms with E-state index in [1.165, 1.54) is 103 Å². The van der Waals surface area contributed by atoms with Crippen LogP contribution in [0.3, 0.4) is 0 Å². The van der Waals surface area contributed by atoms with Gasteiger partial charge in [-0.2, -0.15) is 26.3 Å². The Hall–Kier alpha value is -9.13. The molecular weight excluding hydrogens is 1010 g/mol. The monoisotopic (exact) mass is 1050 g/mol. The number of esters is 1. The van der Waals surface area contributed by atoms with Crippen LogP contribution < -0.4 is 9.47 Å². The van der Waals surface area contributed by atoms with Crippen molar-refractivity contribution < 1.29 is 68.4 Å². The van der Waals surface area contributed by atoms with E-state index < -0.39 is 52.9 Å². The third-order valence-corrected chi connectivity index (χ3v) is 11.6. The number of rotatable bonds is 14. The van der Waals surface area contributed by atoms with Gasteiger partial charge in [0.2, 0.25) is 0 Å². The number of alkyl halides is 6. The lowest BCUT2D eigenvalue weighted by Gasteiger charge is -2.17. The fourth-order valence-corrected chi connectivity index (χ4v) is 7.79. The number of halogens is 9. The smallest absolute Gasteiger partial charge is 0.416 e. The molecule has 1 N–H and O–H groups in total. The molecule has 0 spiro atoms. The normalized spacial score (nSPS) is 11.4. The number of nitrogens with zero attached hydrogens (tertiary/aromatic N) is 4. The third-order valence-electron chi connectivity index (χ3n) is 11.6. The van der Waals surface area contributed by atoms with Crippen molar-refractivity contribution in [3.63, 3.8) is 0 Å². The van der Waals surface area contributed by atoms with Crippen molar-refractivity contribution in [3.8, 4) is 45.6 Å². The van der Waals surface area contributed by atoms with E-state index in [0.29, 0.717) is 39.5 Å². The zero-order chi connectivity index (χ0) is 54.3. The van der Waals surface area contributed by atoms with Crippen molar-refractivity contribution in [2.45, 2.75) is 46.0 Å². The maximum Gasteiger partial charge on any atom is 0.416 e. The Labute approximate surface area is 427 Å². The van der Waals surface area contributed by atoms with Crippen LogP contribution in [0.25, 0.3) is 34.2 Å². The third kappa shape index (κ3) is 12.8. The van der Waals surface area contributed by atoms with Crippen LogP contribution in [0.15, 0.2) is 170 Å². The lowest BCUT2D eigenvalue weighted by Crippen LogP contribution is -2.11. The second-order valence-electron chi connectivity index (χ2n) is 16.9. The Morgan fingerprint density at radius 3 is 1.26 bits per heavy atom. The van der Waals surface area contributed by atoms with Gasteiger partial charge in [0.05, 0.1) is 22.5 Å². The van der Waals surface area contributed by atoms with Gasteiger partial charge in [-0.25, -0.2) is 32.7 Å². The SMILES string of the molecule is Cc1ccc(-c2cc(C(F)(F)F)ccc2OCc2ccc(F)cc2)n1-c1cccc(C(=O)O)n1.Cc1ccc(-c2cc(C(F)(F)F)ccc2OCc2ccc(F)cc2)n1-c1cccc(C(=O)OCc2ccc(F)cc2)n1. The molecule has 9 aromatic rings. The van der Waals surface area contributed by atoms with Crippen LogP contribution in [0.2, 0.25) is 0 Å². The summed E-state index contributed by atoms with van der Waals surface area (Å²) < 4.78 is 142. The van der Waals surface area contributed by atoms with E-state index in [1.54, 1.807) is 65.4 Å². The van der Waals surface area contributed by atoms with Gasteiger partial charge in [-0.3, -0.25) is 9.13 Å². The Bertz CT molecular complexity index is 3520. The minimum atomic E-state index is -4.61. The summed E-state index contributed by atoms with van der Waals surface area (Å²) in [6, 6.07) is 38.6. The average Bonchev–Trinajstić information content (AvgIpc) is 4.00. The molecule has 0 bridgehead atoms. The highest BCUT2D eigenvalue weighted by molar-refractivity contribution is 5.87. The van der Waals surface area contributed by atoms with Crippen molar-refractivity contribution in [1.29, 1.82) is 0 Å². The molecule has 0 aliphatic carbocycles. The first-order valence-electron chi connectivity index (χ1n) is 22.9. The first kappa shape index (κ1) is 53.2. The average molecular weight is 1050 g/mol. The fraction of sp³-hybridized carbons (Fsp3) is 0.123. The van der Waals surface area contributed by atoms with Gasteiger partial charge >= 0.3 is 24.3 Å². The number of pyridine rings is 2. The molecule has 0 atom stereocenters. The summed E-state index contributed by atoms with van der Waals surface area (Å²) >= 11 is 0. The molecule has 5 aromatic carbocycles. The van der Waals surface area contributed by atoms with Crippen LogP contribution in [0.5, 0.6) is 11.5 Å². The quantitative estimate of drug-likeness (QED) is 0.0845. The molecule has 0 aliphatic heterocycles. The molecular formula is C57H41F9N4O6. The summed E-state index contributed by atoms with van der Waals surface area (Å²) in [5.41, 5.74) is 2.13. The first-order valence-corrected chi connectivity index (χ1v) is 22.9. The molecule has 0 aliphatic rings. The lowest BCUT2D eigenvalue weighted by atomic mass is 10.1. The van der Waals surface area contributed by atoms with E-state index in [9.17, 15) is 54.2 Å². The standard InChI is InChI=1S/C32H23F5N2O3.C25H18F4N2O3/c1-20-5-15-28(26-17-23(32(35,36)37)10-16-29(26)41-18-21-6-11-24(33)12-7-21)39(20)30-4-2-3-27(38-30)31(40)42-19-22-8-13-25(34)14-9-22;1-15-5-11-21(31(15)23-4-2-3-20(30-23)24(32)33)19-13-17(25(27,28)29)8-12-22(19)34-14-16-6-9-18(26)10-7-16/h2-17H,18-19H2,1H3;2-13H,14H2,1H3,(H,32,33). The number of carbonyl (C=O) groups excluding carboxylic acids is 1. The molecule has 19 heteroatoms. The van der Waals surface area contributed by atoms with Crippen molar-refractivity contribution in [3.05, 3.63) is 238 Å². The predicted molar refractivity (Wildman–Crippen MR) is 261 cm³/mol. The van der Waals surface area contributed by atoms with Gasteiger partial charge in [0.1, 0.15) is 60.4 Å². The molecule has 0 saturated heterocycles. The zero-order valence-corrected chi connectivity index (χ0v) is 40.0. The number of carboxylic acid groups (broad SMARTS) is 1. The number of hydrogen-bond donors (Lipinski definition) is 1. The number of aryl methyl sites for hydroxylation is 2. The molecule has 388 valence electrons. The summed E-state index contributed by atoms with van der Waals surface area (Å²) in [4.78, 5) is 32.7. The van der Waals surface area contributed by atoms with Gasteiger partial charge in [0, 0.05) is 22.5 Å². The van der Waals surface area contributed by atoms with E-state index in [-0.39, 0.29) is 65.5 Å². The Kier molecular flexibility index (Phi) is 15.8. The van der Waals surface area contributed by atoms with Gasteiger partial charge in [0.25, 0.3) is 0 Å². The molecule has 0 unspecified atom stereocenters. The molecule has 0 saturated carbocycles. The Morgan fingerprint density at radius 2 is 0.868 bits per heavy atom.